The molecule has 0 amide bonds. The standard InChI is InChI=1S/C7H9BrN2O3S.C6H7BrN2O/c1-13-7-5(10-14(2,11)12)3-4-6(8)9-7;1-10-6-4(8)2-3-5(7)9-6/h3-4,10H,1-2H3;2-3H,8H2,1H3. The molecule has 0 atom stereocenters. The average molecular weight is 484 g/mol. The second kappa shape index (κ2) is 9.04. The highest BCUT2D eigenvalue weighted by atomic mass is 79.9. The molecule has 0 spiro atoms. The normalized spacial score (nSPS) is 10.4. The van der Waals surface area contributed by atoms with Crippen LogP contribution in [0.4, 0.5) is 11.4 Å². The Morgan fingerprint density at radius 3 is 1.96 bits per heavy atom. The number of halogens is 2. The van der Waals surface area contributed by atoms with Crippen molar-refractivity contribution >= 4 is 53.3 Å². The van der Waals surface area contributed by atoms with E-state index in [1.165, 1.54) is 14.2 Å². The number of nitrogens with two attached hydrogens (primary N) is 1. The zero-order valence-electron chi connectivity index (χ0n) is 13.1. The van der Waals surface area contributed by atoms with E-state index in [1.54, 1.807) is 24.3 Å². The molecule has 0 fully saturated rings. The molecular weight excluding hydrogens is 468 g/mol. The monoisotopic (exact) mass is 482 g/mol. The summed E-state index contributed by atoms with van der Waals surface area (Å²) in [4.78, 5) is 7.90. The van der Waals surface area contributed by atoms with Crippen LogP contribution in [-0.4, -0.2) is 38.9 Å². The van der Waals surface area contributed by atoms with Gasteiger partial charge >= 0.3 is 0 Å². The van der Waals surface area contributed by atoms with Crippen LogP contribution < -0.4 is 19.9 Å². The van der Waals surface area contributed by atoms with Crippen molar-refractivity contribution in [3.05, 3.63) is 33.5 Å². The highest BCUT2D eigenvalue weighted by Gasteiger charge is 2.09. The smallest absolute Gasteiger partial charge is 0.239 e. The lowest BCUT2D eigenvalue weighted by Gasteiger charge is -2.08. The van der Waals surface area contributed by atoms with E-state index in [0.717, 1.165) is 10.9 Å². The van der Waals surface area contributed by atoms with Gasteiger partial charge < -0.3 is 15.2 Å². The molecule has 3 N–H and O–H groups in total. The third kappa shape index (κ3) is 6.89. The summed E-state index contributed by atoms with van der Waals surface area (Å²) >= 11 is 6.34. The lowest BCUT2D eigenvalue weighted by atomic mass is 10.4. The molecule has 0 aromatic carbocycles. The Morgan fingerprint density at radius 2 is 1.50 bits per heavy atom. The summed E-state index contributed by atoms with van der Waals surface area (Å²) in [6, 6.07) is 6.68. The van der Waals surface area contributed by atoms with Gasteiger partial charge in [-0.1, -0.05) is 0 Å². The quantitative estimate of drug-likeness (QED) is 0.642. The molecule has 0 aliphatic rings. The van der Waals surface area contributed by atoms with E-state index in [9.17, 15) is 8.42 Å². The van der Waals surface area contributed by atoms with E-state index in [4.69, 9.17) is 15.2 Å². The van der Waals surface area contributed by atoms with E-state index < -0.39 is 10.0 Å². The second-order valence-corrected chi connectivity index (χ2v) is 7.67. The maximum absolute atomic E-state index is 10.9. The van der Waals surface area contributed by atoms with Gasteiger partial charge in [0, 0.05) is 0 Å². The van der Waals surface area contributed by atoms with Gasteiger partial charge in [-0.25, -0.2) is 18.4 Å². The number of nitrogen functional groups attached to an aromatic ring is 1. The number of anilines is 2. The van der Waals surface area contributed by atoms with Gasteiger partial charge in [-0.2, -0.15) is 0 Å². The molecule has 0 aliphatic carbocycles. The van der Waals surface area contributed by atoms with Crippen molar-refractivity contribution in [2.45, 2.75) is 0 Å². The van der Waals surface area contributed by atoms with E-state index in [1.807, 2.05) is 0 Å². The molecule has 0 bridgehead atoms. The Morgan fingerprint density at radius 1 is 1.00 bits per heavy atom. The van der Waals surface area contributed by atoms with Crippen molar-refractivity contribution in [3.8, 4) is 11.8 Å². The van der Waals surface area contributed by atoms with Crippen LogP contribution >= 0.6 is 31.9 Å². The summed E-state index contributed by atoms with van der Waals surface area (Å²) in [5, 5.41) is 0. The molecule has 0 saturated heterocycles. The van der Waals surface area contributed by atoms with Crippen LogP contribution in [0.5, 0.6) is 11.8 Å². The predicted octanol–water partition coefficient (Wildman–Crippen LogP) is 2.66. The number of rotatable bonds is 4. The Kier molecular flexibility index (Phi) is 7.70. The lowest BCUT2D eigenvalue weighted by molar-refractivity contribution is 0.399. The number of pyridine rings is 2. The van der Waals surface area contributed by atoms with E-state index in [2.05, 4.69) is 46.5 Å². The van der Waals surface area contributed by atoms with Gasteiger partial charge in [0.15, 0.2) is 0 Å². The summed E-state index contributed by atoms with van der Waals surface area (Å²) in [5.74, 6) is 0.680. The van der Waals surface area contributed by atoms with Crippen LogP contribution in [0.25, 0.3) is 0 Å². The minimum atomic E-state index is -3.31. The first-order chi connectivity index (χ1) is 11.2. The maximum atomic E-state index is 10.9. The first kappa shape index (κ1) is 20.5. The molecule has 2 rings (SSSR count). The Bertz CT molecular complexity index is 803. The Hall–Kier alpha value is -1.59. The lowest BCUT2D eigenvalue weighted by Crippen LogP contribution is -2.11. The minimum Gasteiger partial charge on any atom is -0.480 e. The number of ether oxygens (including phenoxy) is 2. The number of hydrogen-bond acceptors (Lipinski definition) is 7. The van der Waals surface area contributed by atoms with E-state index in [0.29, 0.717) is 21.9 Å². The van der Waals surface area contributed by atoms with Gasteiger partial charge in [0.25, 0.3) is 0 Å². The number of hydrogen-bond donors (Lipinski definition) is 2. The predicted molar refractivity (Wildman–Crippen MR) is 99.9 cm³/mol. The Labute approximate surface area is 157 Å². The van der Waals surface area contributed by atoms with Crippen LogP contribution in [-0.2, 0) is 10.0 Å². The Balaban J connectivity index is 0.000000254. The van der Waals surface area contributed by atoms with Crippen molar-refractivity contribution in [1.82, 2.24) is 9.97 Å². The van der Waals surface area contributed by atoms with Gasteiger partial charge in [-0.3, -0.25) is 4.72 Å². The minimum absolute atomic E-state index is 0.227. The highest BCUT2D eigenvalue weighted by Crippen LogP contribution is 2.24. The molecule has 132 valence electrons. The van der Waals surface area contributed by atoms with Crippen molar-refractivity contribution in [2.24, 2.45) is 0 Å². The third-order valence-electron chi connectivity index (χ3n) is 2.36. The molecule has 0 radical (unpaired) electrons. The molecule has 0 unspecified atom stereocenters. The van der Waals surface area contributed by atoms with Crippen molar-refractivity contribution < 1.29 is 17.9 Å². The van der Waals surface area contributed by atoms with Crippen LogP contribution in [0.3, 0.4) is 0 Å². The van der Waals surface area contributed by atoms with Gasteiger partial charge in [-0.05, 0) is 56.1 Å². The second-order valence-electron chi connectivity index (χ2n) is 4.30. The zero-order valence-corrected chi connectivity index (χ0v) is 17.1. The van der Waals surface area contributed by atoms with Crippen LogP contribution in [0.2, 0.25) is 0 Å². The molecule has 0 saturated carbocycles. The van der Waals surface area contributed by atoms with Crippen LogP contribution in [0.15, 0.2) is 33.5 Å². The average Bonchev–Trinajstić information content (AvgIpc) is 2.50. The van der Waals surface area contributed by atoms with E-state index >= 15 is 0 Å². The van der Waals surface area contributed by atoms with Crippen molar-refractivity contribution in [3.63, 3.8) is 0 Å². The van der Waals surface area contributed by atoms with Gasteiger partial charge in [0.05, 0.1) is 26.2 Å². The summed E-state index contributed by atoms with van der Waals surface area (Å²) in [5.41, 5.74) is 6.36. The number of methoxy groups -OCH3 is 2. The van der Waals surface area contributed by atoms with Gasteiger partial charge in [0.1, 0.15) is 14.9 Å². The molecule has 8 nitrogen and oxygen atoms in total. The van der Waals surface area contributed by atoms with Crippen molar-refractivity contribution in [1.29, 1.82) is 0 Å². The molecule has 24 heavy (non-hydrogen) atoms. The molecular formula is C13H16Br2N4O4S. The van der Waals surface area contributed by atoms with Crippen molar-refractivity contribution in [2.75, 3.05) is 30.9 Å². The molecule has 11 heteroatoms. The fourth-order valence-corrected chi connectivity index (χ4v) is 2.58. The largest absolute Gasteiger partial charge is 0.480 e. The van der Waals surface area contributed by atoms with Gasteiger partial charge in [0.2, 0.25) is 21.8 Å². The number of aromatic nitrogens is 2. The molecule has 2 heterocycles. The fourth-order valence-electron chi connectivity index (χ4n) is 1.44. The zero-order chi connectivity index (χ0) is 18.3. The molecule has 0 aliphatic heterocycles. The third-order valence-corrected chi connectivity index (χ3v) is 3.84. The van der Waals surface area contributed by atoms with Crippen LogP contribution in [0, 0.1) is 0 Å². The molecule has 2 aromatic rings. The number of nitrogens with zero attached hydrogens (tertiary/aromatic N) is 2. The first-order valence-corrected chi connectivity index (χ1v) is 9.78. The van der Waals surface area contributed by atoms with E-state index in [-0.39, 0.29) is 5.88 Å². The summed E-state index contributed by atoms with van der Waals surface area (Å²) in [7, 11) is -0.356. The highest BCUT2D eigenvalue weighted by molar-refractivity contribution is 9.10. The number of nitrogens with one attached hydrogen (secondary N) is 1. The fraction of sp³-hybridized carbons (Fsp3) is 0.231. The van der Waals surface area contributed by atoms with Crippen LogP contribution in [0.1, 0.15) is 0 Å². The topological polar surface area (TPSA) is 116 Å². The SMILES string of the molecule is COc1nc(Br)ccc1N.COc1nc(Br)ccc1NS(C)(=O)=O. The molecule has 2 aromatic heterocycles. The summed E-state index contributed by atoms with van der Waals surface area (Å²) in [6.07, 6.45) is 1.06. The summed E-state index contributed by atoms with van der Waals surface area (Å²) < 4.78 is 35.2. The maximum Gasteiger partial charge on any atom is 0.239 e. The number of sulfonamides is 1. The van der Waals surface area contributed by atoms with Gasteiger partial charge in [-0.15, -0.1) is 0 Å². The summed E-state index contributed by atoms with van der Waals surface area (Å²) in [6.45, 7) is 0. The first-order valence-electron chi connectivity index (χ1n) is 6.30.